The van der Waals surface area contributed by atoms with Gasteiger partial charge in [0.2, 0.25) is 0 Å². The molecule has 0 atom stereocenters. The average Bonchev–Trinajstić information content (AvgIpc) is 2.30. The molecule has 88 valence electrons. The summed E-state index contributed by atoms with van der Waals surface area (Å²) < 4.78 is 0. The first kappa shape index (κ1) is 11.6. The summed E-state index contributed by atoms with van der Waals surface area (Å²) in [7, 11) is 1.99. The van der Waals surface area contributed by atoms with Crippen molar-refractivity contribution in [2.75, 3.05) is 7.05 Å². The van der Waals surface area contributed by atoms with Gasteiger partial charge in [-0.2, -0.15) is 0 Å². The van der Waals surface area contributed by atoms with Crippen molar-refractivity contribution in [2.24, 2.45) is 0 Å². The van der Waals surface area contributed by atoms with Crippen LogP contribution >= 0.6 is 0 Å². The molecule has 1 saturated carbocycles. The standard InChI is InChI=1S/C13H20N2O/c1-10-7-11(9-15-8-10)13(16)5-3-12(14-2)4-6-13/h7-9,12,14,16H,3-6H2,1-2H3. The Morgan fingerprint density at radius 3 is 2.62 bits per heavy atom. The third-order valence-corrected chi connectivity index (χ3v) is 3.63. The first-order valence-electron chi connectivity index (χ1n) is 5.96. The van der Waals surface area contributed by atoms with Crippen LogP contribution in [0, 0.1) is 6.92 Å². The fourth-order valence-corrected chi connectivity index (χ4v) is 2.48. The lowest BCUT2D eigenvalue weighted by atomic mass is 9.78. The molecule has 0 spiro atoms. The zero-order valence-electron chi connectivity index (χ0n) is 10.0. The maximum absolute atomic E-state index is 10.6. The van der Waals surface area contributed by atoms with Gasteiger partial charge in [-0.1, -0.05) is 6.07 Å². The number of pyridine rings is 1. The Morgan fingerprint density at radius 1 is 1.38 bits per heavy atom. The molecule has 1 aromatic rings. The molecular formula is C13H20N2O. The van der Waals surface area contributed by atoms with E-state index >= 15 is 0 Å². The molecule has 3 heteroatoms. The summed E-state index contributed by atoms with van der Waals surface area (Å²) in [5.74, 6) is 0. The van der Waals surface area contributed by atoms with E-state index in [0.717, 1.165) is 36.8 Å². The molecule has 1 aliphatic rings. The van der Waals surface area contributed by atoms with Crippen molar-refractivity contribution < 1.29 is 5.11 Å². The molecule has 0 aromatic carbocycles. The van der Waals surface area contributed by atoms with Gasteiger partial charge in [-0.15, -0.1) is 0 Å². The largest absolute Gasteiger partial charge is 0.385 e. The van der Waals surface area contributed by atoms with Crippen molar-refractivity contribution in [1.82, 2.24) is 10.3 Å². The summed E-state index contributed by atoms with van der Waals surface area (Å²) in [5, 5.41) is 13.9. The van der Waals surface area contributed by atoms with Crippen LogP contribution in [0.15, 0.2) is 18.5 Å². The van der Waals surface area contributed by atoms with Gasteiger partial charge in [0.25, 0.3) is 0 Å². The molecule has 0 amide bonds. The molecular weight excluding hydrogens is 200 g/mol. The molecule has 1 aromatic heterocycles. The third-order valence-electron chi connectivity index (χ3n) is 3.63. The van der Waals surface area contributed by atoms with E-state index in [-0.39, 0.29) is 0 Å². The van der Waals surface area contributed by atoms with E-state index in [1.165, 1.54) is 0 Å². The van der Waals surface area contributed by atoms with Crippen molar-refractivity contribution in [3.05, 3.63) is 29.6 Å². The molecule has 0 aliphatic heterocycles. The van der Waals surface area contributed by atoms with Gasteiger partial charge >= 0.3 is 0 Å². The van der Waals surface area contributed by atoms with Gasteiger partial charge in [0, 0.05) is 24.0 Å². The molecule has 0 bridgehead atoms. The Morgan fingerprint density at radius 2 is 2.06 bits per heavy atom. The highest BCUT2D eigenvalue weighted by molar-refractivity contribution is 5.23. The quantitative estimate of drug-likeness (QED) is 0.798. The number of nitrogens with zero attached hydrogens (tertiary/aromatic N) is 1. The van der Waals surface area contributed by atoms with Crippen LogP contribution < -0.4 is 5.32 Å². The van der Waals surface area contributed by atoms with Crippen LogP contribution in [0.5, 0.6) is 0 Å². The van der Waals surface area contributed by atoms with Gasteiger partial charge in [-0.3, -0.25) is 4.98 Å². The van der Waals surface area contributed by atoms with Crippen molar-refractivity contribution in [2.45, 2.75) is 44.2 Å². The second-order valence-electron chi connectivity index (χ2n) is 4.85. The molecule has 1 aliphatic carbocycles. The van der Waals surface area contributed by atoms with Crippen LogP contribution in [0.4, 0.5) is 0 Å². The highest BCUT2D eigenvalue weighted by Crippen LogP contribution is 2.36. The number of rotatable bonds is 2. The van der Waals surface area contributed by atoms with Gasteiger partial charge in [0.05, 0.1) is 5.60 Å². The number of aliphatic hydroxyl groups is 1. The van der Waals surface area contributed by atoms with Crippen molar-refractivity contribution >= 4 is 0 Å². The predicted molar refractivity (Wildman–Crippen MR) is 64.2 cm³/mol. The lowest BCUT2D eigenvalue weighted by Gasteiger charge is -2.36. The van der Waals surface area contributed by atoms with Crippen LogP contribution in [-0.2, 0) is 5.60 Å². The van der Waals surface area contributed by atoms with Crippen LogP contribution in [0.1, 0.15) is 36.8 Å². The number of nitrogens with one attached hydrogen (secondary N) is 1. The first-order valence-corrected chi connectivity index (χ1v) is 5.96. The number of aryl methyl sites for hydroxylation is 1. The minimum absolute atomic E-state index is 0.554. The fourth-order valence-electron chi connectivity index (χ4n) is 2.48. The van der Waals surface area contributed by atoms with Gasteiger partial charge < -0.3 is 10.4 Å². The Hall–Kier alpha value is -0.930. The minimum atomic E-state index is -0.660. The Balaban J connectivity index is 2.15. The molecule has 0 radical (unpaired) electrons. The first-order chi connectivity index (χ1) is 7.64. The second kappa shape index (κ2) is 4.52. The van der Waals surface area contributed by atoms with E-state index < -0.39 is 5.60 Å². The molecule has 1 heterocycles. The number of hydrogen-bond donors (Lipinski definition) is 2. The minimum Gasteiger partial charge on any atom is -0.385 e. The third kappa shape index (κ3) is 2.25. The number of hydrogen-bond acceptors (Lipinski definition) is 3. The second-order valence-corrected chi connectivity index (χ2v) is 4.85. The van der Waals surface area contributed by atoms with Crippen molar-refractivity contribution in [3.63, 3.8) is 0 Å². The van der Waals surface area contributed by atoms with Crippen molar-refractivity contribution in [1.29, 1.82) is 0 Å². The Bertz CT molecular complexity index is 357. The summed E-state index contributed by atoms with van der Waals surface area (Å²) in [6, 6.07) is 2.60. The maximum Gasteiger partial charge on any atom is 0.0912 e. The van der Waals surface area contributed by atoms with E-state index in [9.17, 15) is 5.11 Å². The topological polar surface area (TPSA) is 45.1 Å². The molecule has 0 saturated heterocycles. The number of aromatic nitrogens is 1. The van der Waals surface area contributed by atoms with Crippen LogP contribution in [-0.4, -0.2) is 23.2 Å². The zero-order chi connectivity index (χ0) is 11.6. The highest BCUT2D eigenvalue weighted by Gasteiger charge is 2.34. The lowest BCUT2D eigenvalue weighted by molar-refractivity contribution is -0.00796. The molecule has 16 heavy (non-hydrogen) atoms. The maximum atomic E-state index is 10.6. The summed E-state index contributed by atoms with van der Waals surface area (Å²) >= 11 is 0. The SMILES string of the molecule is CNC1CCC(O)(c2cncc(C)c2)CC1. The summed E-state index contributed by atoms with van der Waals surface area (Å²) in [5.41, 5.74) is 1.43. The van der Waals surface area contributed by atoms with Gasteiger partial charge in [-0.25, -0.2) is 0 Å². The monoisotopic (exact) mass is 220 g/mol. The van der Waals surface area contributed by atoms with Crippen LogP contribution in [0.25, 0.3) is 0 Å². The lowest BCUT2D eigenvalue weighted by Crippen LogP contribution is -2.38. The van der Waals surface area contributed by atoms with Gasteiger partial charge in [0.15, 0.2) is 0 Å². The van der Waals surface area contributed by atoms with E-state index in [1.807, 2.05) is 26.2 Å². The normalized spacial score (nSPS) is 30.3. The van der Waals surface area contributed by atoms with Crippen LogP contribution in [0.3, 0.4) is 0 Å². The fraction of sp³-hybridized carbons (Fsp3) is 0.615. The van der Waals surface area contributed by atoms with E-state index in [2.05, 4.69) is 10.3 Å². The Kier molecular flexibility index (Phi) is 3.26. The molecule has 2 rings (SSSR count). The van der Waals surface area contributed by atoms with Gasteiger partial charge in [-0.05, 0) is 45.2 Å². The smallest absolute Gasteiger partial charge is 0.0912 e. The summed E-state index contributed by atoms with van der Waals surface area (Å²) in [6.07, 6.45) is 7.33. The molecule has 3 nitrogen and oxygen atoms in total. The van der Waals surface area contributed by atoms with Gasteiger partial charge in [0.1, 0.15) is 0 Å². The molecule has 0 unspecified atom stereocenters. The average molecular weight is 220 g/mol. The molecule has 2 N–H and O–H groups in total. The molecule has 1 fully saturated rings. The zero-order valence-corrected chi connectivity index (χ0v) is 10.0. The van der Waals surface area contributed by atoms with Crippen molar-refractivity contribution in [3.8, 4) is 0 Å². The predicted octanol–water partition coefficient (Wildman–Crippen LogP) is 1.74. The summed E-state index contributed by atoms with van der Waals surface area (Å²) in [6.45, 7) is 2.01. The highest BCUT2D eigenvalue weighted by atomic mass is 16.3. The van der Waals surface area contributed by atoms with E-state index in [4.69, 9.17) is 0 Å². The van der Waals surface area contributed by atoms with Crippen LogP contribution in [0.2, 0.25) is 0 Å². The van der Waals surface area contributed by atoms with E-state index in [0.29, 0.717) is 6.04 Å². The van der Waals surface area contributed by atoms with E-state index in [1.54, 1.807) is 6.20 Å². The Labute approximate surface area is 96.9 Å². The summed E-state index contributed by atoms with van der Waals surface area (Å²) in [4.78, 5) is 4.17.